The van der Waals surface area contributed by atoms with Crippen LogP contribution in [0.25, 0.3) is 0 Å². The molecule has 128 valence electrons. The first-order valence-electron chi connectivity index (χ1n) is 8.09. The molecule has 0 aromatic carbocycles. The highest BCUT2D eigenvalue weighted by atomic mass is 16.5. The Morgan fingerprint density at radius 2 is 2.30 bits per heavy atom. The number of carboxylic acid groups (broad SMARTS) is 1. The Balaban J connectivity index is 2.08. The molecule has 1 saturated heterocycles. The van der Waals surface area contributed by atoms with Crippen molar-refractivity contribution in [2.45, 2.75) is 51.7 Å². The number of hydrogen-bond donors (Lipinski definition) is 2. The SMILES string of the molecule is CCCC[C@H](NC(=O)[C@H]1CCO[C@@H]1c1cnn(C)c1C)C(=O)O. The van der Waals surface area contributed by atoms with Gasteiger partial charge >= 0.3 is 5.97 Å². The normalized spacial score (nSPS) is 22.0. The van der Waals surface area contributed by atoms with E-state index in [1.165, 1.54) is 0 Å². The second kappa shape index (κ2) is 7.59. The molecular weight excluding hydrogens is 298 g/mol. The van der Waals surface area contributed by atoms with Crippen molar-refractivity contribution in [3.8, 4) is 0 Å². The lowest BCUT2D eigenvalue weighted by atomic mass is 9.94. The second-order valence-corrected chi connectivity index (χ2v) is 6.04. The number of nitrogens with one attached hydrogen (secondary N) is 1. The van der Waals surface area contributed by atoms with Crippen LogP contribution in [0.3, 0.4) is 0 Å². The van der Waals surface area contributed by atoms with Gasteiger partial charge in [-0.25, -0.2) is 4.79 Å². The molecule has 0 radical (unpaired) electrons. The Kier molecular flexibility index (Phi) is 5.76. The molecule has 7 nitrogen and oxygen atoms in total. The minimum atomic E-state index is -0.986. The molecule has 1 aromatic heterocycles. The first kappa shape index (κ1) is 17.5. The Morgan fingerprint density at radius 1 is 1.57 bits per heavy atom. The third-order valence-corrected chi connectivity index (χ3v) is 4.47. The van der Waals surface area contributed by atoms with E-state index in [9.17, 15) is 14.7 Å². The minimum Gasteiger partial charge on any atom is -0.480 e. The van der Waals surface area contributed by atoms with Crippen molar-refractivity contribution >= 4 is 11.9 Å². The zero-order valence-electron chi connectivity index (χ0n) is 13.9. The van der Waals surface area contributed by atoms with Crippen LogP contribution < -0.4 is 5.32 Å². The summed E-state index contributed by atoms with van der Waals surface area (Å²) in [6.07, 6.45) is 4.06. The Morgan fingerprint density at radius 3 is 2.87 bits per heavy atom. The number of ether oxygens (including phenoxy) is 1. The average Bonchev–Trinajstić information content (AvgIpc) is 3.11. The Labute approximate surface area is 136 Å². The maximum absolute atomic E-state index is 12.5. The molecule has 7 heteroatoms. The molecule has 1 aliphatic rings. The molecule has 2 N–H and O–H groups in total. The summed E-state index contributed by atoms with van der Waals surface area (Å²) in [6.45, 7) is 4.41. The van der Waals surface area contributed by atoms with Crippen LogP contribution in [-0.2, 0) is 21.4 Å². The van der Waals surface area contributed by atoms with Gasteiger partial charge in [-0.05, 0) is 19.8 Å². The Bertz CT molecular complexity index is 570. The van der Waals surface area contributed by atoms with Gasteiger partial charge in [-0.15, -0.1) is 0 Å². The number of nitrogens with zero attached hydrogens (tertiary/aromatic N) is 2. The maximum Gasteiger partial charge on any atom is 0.326 e. The van der Waals surface area contributed by atoms with Crippen LogP contribution in [-0.4, -0.2) is 39.4 Å². The second-order valence-electron chi connectivity index (χ2n) is 6.04. The number of carbonyl (C=O) groups excluding carboxylic acids is 1. The van der Waals surface area contributed by atoms with Gasteiger partial charge in [0.2, 0.25) is 5.91 Å². The standard InChI is InChI=1S/C16H25N3O4/c1-4-5-6-13(16(21)22)18-15(20)11-7-8-23-14(11)12-9-17-19(3)10(12)2/h9,11,13-14H,4-8H2,1-3H3,(H,18,20)(H,21,22)/t11-,13-,14-/m0/s1. The monoisotopic (exact) mass is 323 g/mol. The third-order valence-electron chi connectivity index (χ3n) is 4.47. The van der Waals surface area contributed by atoms with Crippen molar-refractivity contribution in [1.82, 2.24) is 15.1 Å². The fraction of sp³-hybridized carbons (Fsp3) is 0.688. The number of aliphatic carboxylic acids is 1. The fourth-order valence-electron chi connectivity index (χ4n) is 2.90. The van der Waals surface area contributed by atoms with E-state index in [2.05, 4.69) is 10.4 Å². The molecule has 1 fully saturated rings. The molecule has 2 heterocycles. The van der Waals surface area contributed by atoms with Gasteiger partial charge < -0.3 is 15.2 Å². The summed E-state index contributed by atoms with van der Waals surface area (Å²) >= 11 is 0. The maximum atomic E-state index is 12.5. The molecule has 1 aliphatic heterocycles. The van der Waals surface area contributed by atoms with Crippen LogP contribution in [0.5, 0.6) is 0 Å². The highest BCUT2D eigenvalue weighted by molar-refractivity contribution is 5.85. The largest absolute Gasteiger partial charge is 0.480 e. The van der Waals surface area contributed by atoms with Crippen LogP contribution in [0.2, 0.25) is 0 Å². The number of aryl methyl sites for hydroxylation is 1. The van der Waals surface area contributed by atoms with Crippen LogP contribution in [0.1, 0.15) is 50.0 Å². The third kappa shape index (κ3) is 3.90. The molecule has 0 unspecified atom stereocenters. The minimum absolute atomic E-state index is 0.251. The first-order valence-corrected chi connectivity index (χ1v) is 8.09. The molecule has 2 rings (SSSR count). The van der Waals surface area contributed by atoms with E-state index in [-0.39, 0.29) is 17.9 Å². The fourth-order valence-corrected chi connectivity index (χ4v) is 2.90. The van der Waals surface area contributed by atoms with Crippen LogP contribution in [0.15, 0.2) is 6.20 Å². The predicted molar refractivity (Wildman–Crippen MR) is 83.8 cm³/mol. The van der Waals surface area contributed by atoms with Crippen LogP contribution in [0, 0.1) is 12.8 Å². The zero-order valence-corrected chi connectivity index (χ0v) is 13.9. The number of aromatic nitrogens is 2. The van der Waals surface area contributed by atoms with E-state index in [0.717, 1.165) is 24.1 Å². The summed E-state index contributed by atoms with van der Waals surface area (Å²) in [5.74, 6) is -1.61. The highest BCUT2D eigenvalue weighted by Gasteiger charge is 2.38. The van der Waals surface area contributed by atoms with Crippen molar-refractivity contribution in [2.24, 2.45) is 13.0 Å². The lowest BCUT2D eigenvalue weighted by molar-refractivity contribution is -0.143. The molecule has 23 heavy (non-hydrogen) atoms. The molecule has 0 saturated carbocycles. The number of rotatable bonds is 7. The quantitative estimate of drug-likeness (QED) is 0.794. The van der Waals surface area contributed by atoms with E-state index in [0.29, 0.717) is 19.4 Å². The smallest absolute Gasteiger partial charge is 0.326 e. The summed E-state index contributed by atoms with van der Waals surface area (Å²) < 4.78 is 7.47. The van der Waals surface area contributed by atoms with Gasteiger partial charge in [0.1, 0.15) is 6.04 Å². The Hall–Kier alpha value is -1.89. The topological polar surface area (TPSA) is 93.5 Å². The van der Waals surface area contributed by atoms with Gasteiger partial charge in [-0.2, -0.15) is 5.10 Å². The number of carboxylic acids is 1. The molecule has 1 aromatic rings. The van der Waals surface area contributed by atoms with Crippen LogP contribution in [0.4, 0.5) is 0 Å². The van der Waals surface area contributed by atoms with Crippen LogP contribution >= 0.6 is 0 Å². The van der Waals surface area contributed by atoms with E-state index in [1.807, 2.05) is 20.9 Å². The van der Waals surface area contributed by atoms with E-state index >= 15 is 0 Å². The van der Waals surface area contributed by atoms with Crippen molar-refractivity contribution < 1.29 is 19.4 Å². The summed E-state index contributed by atoms with van der Waals surface area (Å²) in [4.78, 5) is 23.8. The molecule has 0 aliphatic carbocycles. The van der Waals surface area contributed by atoms with E-state index < -0.39 is 12.0 Å². The molecule has 3 atom stereocenters. The van der Waals surface area contributed by atoms with Crippen molar-refractivity contribution in [3.05, 3.63) is 17.5 Å². The highest BCUT2D eigenvalue weighted by Crippen LogP contribution is 2.36. The van der Waals surface area contributed by atoms with E-state index in [4.69, 9.17) is 4.74 Å². The number of carbonyl (C=O) groups is 2. The van der Waals surface area contributed by atoms with Gasteiger partial charge in [-0.3, -0.25) is 9.48 Å². The number of amides is 1. The lowest BCUT2D eigenvalue weighted by Gasteiger charge is -2.21. The summed E-state index contributed by atoms with van der Waals surface area (Å²) in [5.41, 5.74) is 1.85. The van der Waals surface area contributed by atoms with Gasteiger partial charge in [0.15, 0.2) is 0 Å². The summed E-state index contributed by atoms with van der Waals surface area (Å²) in [6, 6.07) is -0.835. The molecule has 1 amide bonds. The first-order chi connectivity index (χ1) is 11.0. The van der Waals surface area contributed by atoms with Crippen molar-refractivity contribution in [1.29, 1.82) is 0 Å². The summed E-state index contributed by atoms with van der Waals surface area (Å²) in [7, 11) is 1.84. The van der Waals surface area contributed by atoms with Gasteiger partial charge in [0.25, 0.3) is 0 Å². The number of unbranched alkanes of at least 4 members (excludes halogenated alkanes) is 1. The van der Waals surface area contributed by atoms with E-state index in [1.54, 1.807) is 10.9 Å². The molecular formula is C16H25N3O4. The van der Waals surface area contributed by atoms with Gasteiger partial charge in [0, 0.05) is 24.9 Å². The number of hydrogen-bond acceptors (Lipinski definition) is 4. The van der Waals surface area contributed by atoms with Crippen molar-refractivity contribution in [2.75, 3.05) is 6.61 Å². The predicted octanol–water partition coefficient (Wildman–Crippen LogP) is 1.57. The zero-order chi connectivity index (χ0) is 17.0. The van der Waals surface area contributed by atoms with Gasteiger partial charge in [0.05, 0.1) is 18.2 Å². The average molecular weight is 323 g/mol. The van der Waals surface area contributed by atoms with Crippen molar-refractivity contribution in [3.63, 3.8) is 0 Å². The molecule has 0 bridgehead atoms. The summed E-state index contributed by atoms with van der Waals surface area (Å²) in [5, 5.41) is 16.1. The molecule has 0 spiro atoms. The van der Waals surface area contributed by atoms with Gasteiger partial charge in [-0.1, -0.05) is 19.8 Å². The lowest BCUT2D eigenvalue weighted by Crippen LogP contribution is -2.44.